The van der Waals surface area contributed by atoms with E-state index in [0.29, 0.717) is 22.9 Å². The molecule has 0 unspecified atom stereocenters. The van der Waals surface area contributed by atoms with Crippen LogP contribution in [0.2, 0.25) is 5.02 Å². The minimum atomic E-state index is -0.997. The number of hydrogen-bond acceptors (Lipinski definition) is 3. The lowest BCUT2D eigenvalue weighted by Gasteiger charge is -2.08. The van der Waals surface area contributed by atoms with Gasteiger partial charge in [-0.2, -0.15) is 0 Å². The highest BCUT2D eigenvalue weighted by Gasteiger charge is 2.03. The number of rotatable bonds is 6. The molecule has 1 aromatic carbocycles. The lowest BCUT2D eigenvalue weighted by Crippen LogP contribution is -2.02. The standard InChI is InChI=1S/C16H14ClNO3/c17-14-10-12(4-6-16(19)20)3-5-15(14)21-9-7-13-2-1-8-18-11-13/h1-6,8,10-11H,7,9H2,(H,19,20). The molecule has 0 saturated heterocycles. The van der Waals surface area contributed by atoms with Crippen LogP contribution in [-0.2, 0) is 11.2 Å². The highest BCUT2D eigenvalue weighted by Crippen LogP contribution is 2.26. The van der Waals surface area contributed by atoms with Crippen LogP contribution in [0.3, 0.4) is 0 Å². The molecule has 0 spiro atoms. The van der Waals surface area contributed by atoms with E-state index in [2.05, 4.69) is 4.98 Å². The number of hydrogen-bond donors (Lipinski definition) is 1. The monoisotopic (exact) mass is 303 g/mol. The summed E-state index contributed by atoms with van der Waals surface area (Å²) in [6.45, 7) is 0.496. The second-order valence-corrected chi connectivity index (χ2v) is 4.73. The number of carboxylic acid groups (broad SMARTS) is 1. The zero-order valence-corrected chi connectivity index (χ0v) is 12.0. The SMILES string of the molecule is O=C(O)C=Cc1ccc(OCCc2cccnc2)c(Cl)c1. The maximum Gasteiger partial charge on any atom is 0.328 e. The Morgan fingerprint density at radius 1 is 1.38 bits per heavy atom. The number of pyridine rings is 1. The van der Waals surface area contributed by atoms with Crippen molar-refractivity contribution < 1.29 is 14.6 Å². The first-order valence-corrected chi connectivity index (χ1v) is 6.75. The van der Waals surface area contributed by atoms with Crippen molar-refractivity contribution in [1.29, 1.82) is 0 Å². The molecule has 1 aromatic heterocycles. The van der Waals surface area contributed by atoms with E-state index in [-0.39, 0.29) is 0 Å². The van der Waals surface area contributed by atoms with E-state index in [1.165, 1.54) is 6.08 Å². The number of nitrogens with zero attached hydrogens (tertiary/aromatic N) is 1. The summed E-state index contributed by atoms with van der Waals surface area (Å²) in [4.78, 5) is 14.5. The predicted octanol–water partition coefficient (Wildman–Crippen LogP) is 3.45. The molecular weight excluding hydrogens is 290 g/mol. The van der Waals surface area contributed by atoms with Gasteiger partial charge in [-0.15, -0.1) is 0 Å². The van der Waals surface area contributed by atoms with Gasteiger partial charge in [0.1, 0.15) is 5.75 Å². The van der Waals surface area contributed by atoms with Crippen LogP contribution in [0, 0.1) is 0 Å². The molecule has 2 rings (SSSR count). The Balaban J connectivity index is 1.93. The summed E-state index contributed by atoms with van der Waals surface area (Å²) in [6.07, 6.45) is 6.81. The summed E-state index contributed by atoms with van der Waals surface area (Å²) >= 11 is 6.11. The molecule has 5 heteroatoms. The number of aliphatic carboxylic acids is 1. The largest absolute Gasteiger partial charge is 0.492 e. The highest BCUT2D eigenvalue weighted by molar-refractivity contribution is 6.32. The van der Waals surface area contributed by atoms with Crippen LogP contribution in [0.1, 0.15) is 11.1 Å². The smallest absolute Gasteiger partial charge is 0.328 e. The molecule has 1 N–H and O–H groups in total. The van der Waals surface area contributed by atoms with Gasteiger partial charge in [-0.3, -0.25) is 4.98 Å². The van der Waals surface area contributed by atoms with Crippen molar-refractivity contribution in [2.24, 2.45) is 0 Å². The van der Waals surface area contributed by atoms with Gasteiger partial charge in [0.15, 0.2) is 0 Å². The van der Waals surface area contributed by atoms with Crippen LogP contribution in [0.4, 0.5) is 0 Å². The molecule has 4 nitrogen and oxygen atoms in total. The molecule has 1 heterocycles. The molecule has 21 heavy (non-hydrogen) atoms. The average Bonchev–Trinajstić information content (AvgIpc) is 2.48. The predicted molar refractivity (Wildman–Crippen MR) is 81.6 cm³/mol. The summed E-state index contributed by atoms with van der Waals surface area (Å²) in [7, 11) is 0. The van der Waals surface area contributed by atoms with Crippen LogP contribution in [0.5, 0.6) is 5.75 Å². The summed E-state index contributed by atoms with van der Waals surface area (Å²) in [5.74, 6) is -0.420. The summed E-state index contributed by atoms with van der Waals surface area (Å²) in [6, 6.07) is 9.02. The number of aromatic nitrogens is 1. The Labute approximate surface area is 127 Å². The minimum Gasteiger partial charge on any atom is -0.492 e. The van der Waals surface area contributed by atoms with E-state index in [0.717, 1.165) is 18.1 Å². The van der Waals surface area contributed by atoms with Crippen molar-refractivity contribution in [2.45, 2.75) is 6.42 Å². The number of carboxylic acids is 1. The van der Waals surface area contributed by atoms with Crippen LogP contribution < -0.4 is 4.74 Å². The summed E-state index contributed by atoms with van der Waals surface area (Å²) in [5.41, 5.74) is 1.80. The van der Waals surface area contributed by atoms with Crippen LogP contribution in [0.25, 0.3) is 6.08 Å². The van der Waals surface area contributed by atoms with Crippen LogP contribution >= 0.6 is 11.6 Å². The fraction of sp³-hybridized carbons (Fsp3) is 0.125. The molecule has 0 atom stereocenters. The normalized spacial score (nSPS) is 10.7. The van der Waals surface area contributed by atoms with E-state index in [1.807, 2.05) is 12.1 Å². The first-order chi connectivity index (χ1) is 10.1. The second kappa shape index (κ2) is 7.45. The van der Waals surface area contributed by atoms with Gasteiger partial charge in [-0.05, 0) is 35.4 Å². The third-order valence-corrected chi connectivity index (χ3v) is 3.04. The van der Waals surface area contributed by atoms with Gasteiger partial charge in [0, 0.05) is 24.9 Å². The fourth-order valence-corrected chi connectivity index (χ4v) is 1.97. The minimum absolute atomic E-state index is 0.453. The molecule has 0 saturated carbocycles. The molecular formula is C16H14ClNO3. The Bertz CT molecular complexity index is 641. The quantitative estimate of drug-likeness (QED) is 0.830. The number of benzene rings is 1. The third-order valence-electron chi connectivity index (χ3n) is 2.75. The zero-order valence-electron chi connectivity index (χ0n) is 11.2. The first kappa shape index (κ1) is 15.1. The van der Waals surface area contributed by atoms with Crippen molar-refractivity contribution in [3.63, 3.8) is 0 Å². The molecule has 0 fully saturated rings. The third kappa shape index (κ3) is 4.93. The van der Waals surface area contributed by atoms with E-state index >= 15 is 0 Å². The zero-order chi connectivity index (χ0) is 15.1. The van der Waals surface area contributed by atoms with Crippen LogP contribution in [0.15, 0.2) is 48.8 Å². The fourth-order valence-electron chi connectivity index (χ4n) is 1.73. The molecule has 0 aliphatic heterocycles. The second-order valence-electron chi connectivity index (χ2n) is 4.32. The molecule has 0 amide bonds. The Morgan fingerprint density at radius 3 is 2.90 bits per heavy atom. The van der Waals surface area contributed by atoms with Gasteiger partial charge in [0.2, 0.25) is 0 Å². The molecule has 0 bridgehead atoms. The van der Waals surface area contributed by atoms with E-state index < -0.39 is 5.97 Å². The Kier molecular flexibility index (Phi) is 5.35. The molecule has 2 aromatic rings. The lowest BCUT2D eigenvalue weighted by molar-refractivity contribution is -0.131. The number of ether oxygens (including phenoxy) is 1. The van der Waals surface area contributed by atoms with Crippen molar-refractivity contribution in [3.8, 4) is 5.75 Å². The lowest BCUT2D eigenvalue weighted by atomic mass is 10.2. The van der Waals surface area contributed by atoms with Crippen molar-refractivity contribution in [3.05, 3.63) is 65.0 Å². The summed E-state index contributed by atoms with van der Waals surface area (Å²) in [5, 5.41) is 9.03. The molecule has 108 valence electrons. The molecule has 0 aliphatic rings. The number of carbonyl (C=O) groups is 1. The maximum atomic E-state index is 10.5. The summed E-state index contributed by atoms with van der Waals surface area (Å²) < 4.78 is 5.62. The van der Waals surface area contributed by atoms with Gasteiger partial charge in [-0.1, -0.05) is 23.7 Å². The van der Waals surface area contributed by atoms with E-state index in [1.54, 1.807) is 30.6 Å². The Morgan fingerprint density at radius 2 is 2.24 bits per heavy atom. The van der Waals surface area contributed by atoms with Gasteiger partial charge in [-0.25, -0.2) is 4.79 Å². The van der Waals surface area contributed by atoms with Gasteiger partial charge < -0.3 is 9.84 Å². The molecule has 0 radical (unpaired) electrons. The van der Waals surface area contributed by atoms with E-state index in [4.69, 9.17) is 21.4 Å². The van der Waals surface area contributed by atoms with Gasteiger partial charge in [0.25, 0.3) is 0 Å². The van der Waals surface area contributed by atoms with E-state index in [9.17, 15) is 4.79 Å². The van der Waals surface area contributed by atoms with Crippen LogP contribution in [-0.4, -0.2) is 22.7 Å². The highest BCUT2D eigenvalue weighted by atomic mass is 35.5. The first-order valence-electron chi connectivity index (χ1n) is 6.37. The maximum absolute atomic E-state index is 10.5. The topological polar surface area (TPSA) is 59.4 Å². The molecule has 0 aliphatic carbocycles. The van der Waals surface area contributed by atoms with Gasteiger partial charge >= 0.3 is 5.97 Å². The van der Waals surface area contributed by atoms with Gasteiger partial charge in [0.05, 0.1) is 11.6 Å². The van der Waals surface area contributed by atoms with Crippen molar-refractivity contribution in [1.82, 2.24) is 4.98 Å². The Hall–Kier alpha value is -2.33. The van der Waals surface area contributed by atoms with Crippen molar-refractivity contribution in [2.75, 3.05) is 6.61 Å². The number of halogens is 1. The average molecular weight is 304 g/mol. The van der Waals surface area contributed by atoms with Crippen molar-refractivity contribution >= 4 is 23.6 Å².